The molecule has 0 aliphatic carbocycles. The van der Waals surface area contributed by atoms with Crippen molar-refractivity contribution in [3.05, 3.63) is 12.2 Å². The third-order valence-corrected chi connectivity index (χ3v) is 1.74. The summed E-state index contributed by atoms with van der Waals surface area (Å²) in [5.41, 5.74) is 0. The van der Waals surface area contributed by atoms with Gasteiger partial charge in [-0.25, -0.2) is 0 Å². The highest BCUT2D eigenvalue weighted by Gasteiger charge is 2.24. The zero-order valence-electron chi connectivity index (χ0n) is 6.25. The summed E-state index contributed by atoms with van der Waals surface area (Å²) in [5.74, 6) is 0.297. The van der Waals surface area contributed by atoms with E-state index in [-0.39, 0.29) is 0 Å². The molecule has 0 radical (unpaired) electrons. The van der Waals surface area contributed by atoms with Gasteiger partial charge in [-0.1, -0.05) is 12.2 Å². The van der Waals surface area contributed by atoms with Gasteiger partial charge in [-0.2, -0.15) is 5.26 Å². The van der Waals surface area contributed by atoms with Crippen LogP contribution in [0, 0.1) is 17.2 Å². The number of hydrogen-bond acceptors (Lipinski definition) is 2. The standard InChI is InChI=1S/C8H12N2/c1-2-3-4-10-6-8(5-9)7-10/h2-3,8H,4,6-7H2,1H3/b3-2+. The van der Waals surface area contributed by atoms with E-state index in [1.165, 1.54) is 0 Å². The molecule has 1 saturated heterocycles. The van der Waals surface area contributed by atoms with Crippen LogP contribution in [0.1, 0.15) is 6.92 Å². The molecule has 0 spiro atoms. The van der Waals surface area contributed by atoms with Gasteiger partial charge in [0.15, 0.2) is 0 Å². The Bertz CT molecular complexity index is 161. The van der Waals surface area contributed by atoms with Crippen LogP contribution in [0.3, 0.4) is 0 Å². The minimum absolute atomic E-state index is 0.297. The highest BCUT2D eigenvalue weighted by molar-refractivity contribution is 4.97. The van der Waals surface area contributed by atoms with E-state index in [2.05, 4.69) is 17.0 Å². The third kappa shape index (κ3) is 1.58. The van der Waals surface area contributed by atoms with Crippen LogP contribution in [0.5, 0.6) is 0 Å². The summed E-state index contributed by atoms with van der Waals surface area (Å²) < 4.78 is 0. The SMILES string of the molecule is C/C=C/CN1CC(C#N)C1. The van der Waals surface area contributed by atoms with E-state index in [0.29, 0.717) is 5.92 Å². The second-order valence-electron chi connectivity index (χ2n) is 2.61. The largest absolute Gasteiger partial charge is 0.297 e. The number of nitrogens with zero attached hydrogens (tertiary/aromatic N) is 2. The molecular weight excluding hydrogens is 124 g/mol. The van der Waals surface area contributed by atoms with Crippen LogP contribution in [-0.4, -0.2) is 24.5 Å². The highest BCUT2D eigenvalue weighted by atomic mass is 15.2. The van der Waals surface area contributed by atoms with Crippen molar-refractivity contribution in [2.45, 2.75) is 6.92 Å². The van der Waals surface area contributed by atoms with Crippen LogP contribution >= 0.6 is 0 Å². The highest BCUT2D eigenvalue weighted by Crippen LogP contribution is 2.12. The van der Waals surface area contributed by atoms with E-state index in [0.717, 1.165) is 19.6 Å². The van der Waals surface area contributed by atoms with Crippen molar-refractivity contribution in [2.75, 3.05) is 19.6 Å². The van der Waals surface area contributed by atoms with E-state index in [4.69, 9.17) is 5.26 Å². The van der Waals surface area contributed by atoms with Crippen molar-refractivity contribution in [1.29, 1.82) is 5.26 Å². The molecule has 1 aliphatic heterocycles. The molecule has 0 aromatic heterocycles. The second kappa shape index (κ2) is 3.38. The van der Waals surface area contributed by atoms with Crippen molar-refractivity contribution in [1.82, 2.24) is 4.90 Å². The van der Waals surface area contributed by atoms with Crippen molar-refractivity contribution in [3.8, 4) is 6.07 Å². The van der Waals surface area contributed by atoms with Crippen LogP contribution < -0.4 is 0 Å². The summed E-state index contributed by atoms with van der Waals surface area (Å²) in [6.07, 6.45) is 4.16. The van der Waals surface area contributed by atoms with Gasteiger partial charge in [-0.3, -0.25) is 4.90 Å². The smallest absolute Gasteiger partial charge is 0.0717 e. The molecule has 1 fully saturated rings. The van der Waals surface area contributed by atoms with Crippen molar-refractivity contribution < 1.29 is 0 Å². The first-order valence-electron chi connectivity index (χ1n) is 3.60. The molecule has 1 aliphatic rings. The third-order valence-electron chi connectivity index (χ3n) is 1.74. The Kier molecular flexibility index (Phi) is 2.47. The fourth-order valence-corrected chi connectivity index (χ4v) is 1.06. The Hall–Kier alpha value is -0.810. The van der Waals surface area contributed by atoms with Crippen molar-refractivity contribution in [3.63, 3.8) is 0 Å². The van der Waals surface area contributed by atoms with E-state index in [1.54, 1.807) is 0 Å². The molecule has 0 unspecified atom stereocenters. The maximum atomic E-state index is 8.43. The minimum Gasteiger partial charge on any atom is -0.297 e. The molecule has 0 saturated carbocycles. The molecule has 2 nitrogen and oxygen atoms in total. The molecule has 10 heavy (non-hydrogen) atoms. The Labute approximate surface area is 61.8 Å². The van der Waals surface area contributed by atoms with Gasteiger partial charge in [0, 0.05) is 19.6 Å². The molecule has 2 heteroatoms. The summed E-state index contributed by atoms with van der Waals surface area (Å²) in [6, 6.07) is 2.24. The lowest BCUT2D eigenvalue weighted by Crippen LogP contribution is -2.45. The van der Waals surface area contributed by atoms with Crippen LogP contribution in [0.2, 0.25) is 0 Å². The number of hydrogen-bond donors (Lipinski definition) is 0. The molecule has 0 amide bonds. The molecule has 54 valence electrons. The van der Waals surface area contributed by atoms with Crippen LogP contribution in [0.15, 0.2) is 12.2 Å². The fourth-order valence-electron chi connectivity index (χ4n) is 1.06. The van der Waals surface area contributed by atoms with Gasteiger partial charge < -0.3 is 0 Å². The topological polar surface area (TPSA) is 27.0 Å². The predicted octanol–water partition coefficient (Wildman–Crippen LogP) is 1.02. The maximum Gasteiger partial charge on any atom is 0.0717 e. The number of nitriles is 1. The number of allylic oxidation sites excluding steroid dienone is 1. The number of likely N-dealkylation sites (tertiary alicyclic amines) is 1. The Morgan fingerprint density at radius 1 is 1.70 bits per heavy atom. The van der Waals surface area contributed by atoms with Gasteiger partial charge in [0.2, 0.25) is 0 Å². The molecule has 1 rings (SSSR count). The predicted molar refractivity (Wildman–Crippen MR) is 40.4 cm³/mol. The normalized spacial score (nSPS) is 20.8. The average Bonchev–Trinajstić information content (AvgIpc) is 1.86. The maximum absolute atomic E-state index is 8.43. The Morgan fingerprint density at radius 2 is 2.40 bits per heavy atom. The Balaban J connectivity index is 2.10. The molecule has 0 aromatic carbocycles. The summed E-state index contributed by atoms with van der Waals surface area (Å²) >= 11 is 0. The van der Waals surface area contributed by atoms with Crippen LogP contribution in [0.25, 0.3) is 0 Å². The van der Waals surface area contributed by atoms with Gasteiger partial charge in [-0.05, 0) is 6.92 Å². The van der Waals surface area contributed by atoms with Gasteiger partial charge in [-0.15, -0.1) is 0 Å². The fraction of sp³-hybridized carbons (Fsp3) is 0.625. The van der Waals surface area contributed by atoms with Crippen molar-refractivity contribution in [2.24, 2.45) is 5.92 Å². The monoisotopic (exact) mass is 136 g/mol. The lowest BCUT2D eigenvalue weighted by molar-refractivity contribution is 0.153. The number of rotatable bonds is 2. The molecular formula is C8H12N2. The van der Waals surface area contributed by atoms with Crippen molar-refractivity contribution >= 4 is 0 Å². The zero-order valence-corrected chi connectivity index (χ0v) is 6.25. The molecule has 0 aromatic rings. The lowest BCUT2D eigenvalue weighted by atomic mass is 10.0. The first-order valence-corrected chi connectivity index (χ1v) is 3.60. The van der Waals surface area contributed by atoms with Gasteiger partial charge in [0.25, 0.3) is 0 Å². The summed E-state index contributed by atoms with van der Waals surface area (Å²) in [4.78, 5) is 2.26. The van der Waals surface area contributed by atoms with Gasteiger partial charge in [0.1, 0.15) is 0 Å². The van der Waals surface area contributed by atoms with E-state index >= 15 is 0 Å². The van der Waals surface area contributed by atoms with E-state index in [9.17, 15) is 0 Å². The Morgan fingerprint density at radius 3 is 2.90 bits per heavy atom. The summed E-state index contributed by atoms with van der Waals surface area (Å²) in [5, 5.41) is 8.43. The van der Waals surface area contributed by atoms with Gasteiger partial charge in [0.05, 0.1) is 12.0 Å². The second-order valence-corrected chi connectivity index (χ2v) is 2.61. The quantitative estimate of drug-likeness (QED) is 0.530. The first-order chi connectivity index (χ1) is 4.86. The molecule has 0 atom stereocenters. The van der Waals surface area contributed by atoms with Crippen LogP contribution in [0.4, 0.5) is 0 Å². The minimum atomic E-state index is 0.297. The average molecular weight is 136 g/mol. The van der Waals surface area contributed by atoms with E-state index < -0.39 is 0 Å². The molecule has 0 bridgehead atoms. The lowest BCUT2D eigenvalue weighted by Gasteiger charge is -2.34. The summed E-state index contributed by atoms with van der Waals surface area (Å²) in [7, 11) is 0. The van der Waals surface area contributed by atoms with Crippen LogP contribution in [-0.2, 0) is 0 Å². The molecule has 1 heterocycles. The first kappa shape index (κ1) is 7.30. The van der Waals surface area contributed by atoms with Gasteiger partial charge >= 0.3 is 0 Å². The molecule has 0 N–H and O–H groups in total. The zero-order chi connectivity index (χ0) is 7.40. The van der Waals surface area contributed by atoms with E-state index in [1.807, 2.05) is 13.0 Å². The summed E-state index contributed by atoms with van der Waals surface area (Å²) in [6.45, 7) is 4.94.